The predicted octanol–water partition coefficient (Wildman–Crippen LogP) is 4.02. The Balaban J connectivity index is 0.00000220. The van der Waals surface area contributed by atoms with E-state index in [-0.39, 0.29) is 28.4 Å². The summed E-state index contributed by atoms with van der Waals surface area (Å²) in [6.07, 6.45) is -3.37. The number of ether oxygens (including phenoxy) is 1. The van der Waals surface area contributed by atoms with Crippen LogP contribution in [0, 0.1) is 5.92 Å². The molecule has 3 N–H and O–H groups in total. The average molecular weight is 391 g/mol. The van der Waals surface area contributed by atoms with E-state index in [9.17, 15) is 18.3 Å². The maximum Gasteiger partial charge on any atom is 0.416 e. The van der Waals surface area contributed by atoms with Gasteiger partial charge in [0.25, 0.3) is 0 Å². The van der Waals surface area contributed by atoms with Gasteiger partial charge in [0, 0.05) is 24.8 Å². The van der Waals surface area contributed by atoms with Crippen molar-refractivity contribution in [3.05, 3.63) is 27.7 Å². The number of halogens is 5. The summed E-state index contributed by atoms with van der Waals surface area (Å²) in [5.74, 6) is -0.566. The zero-order chi connectivity index (χ0) is 14.9. The summed E-state index contributed by atoms with van der Waals surface area (Å²) < 4.78 is 44.6. The molecule has 1 heterocycles. The number of aromatic hydroxyl groups is 1. The third kappa shape index (κ3) is 4.03. The molecule has 0 radical (unpaired) electrons. The third-order valence-electron chi connectivity index (χ3n) is 3.58. The molecule has 1 atom stereocenters. The Morgan fingerprint density at radius 2 is 1.86 bits per heavy atom. The van der Waals surface area contributed by atoms with E-state index in [2.05, 4.69) is 15.9 Å². The Bertz CT molecular complexity index is 493. The van der Waals surface area contributed by atoms with Crippen molar-refractivity contribution in [2.24, 2.45) is 11.7 Å². The summed E-state index contributed by atoms with van der Waals surface area (Å²) in [5, 5.41) is 9.98. The first-order chi connectivity index (χ1) is 9.32. The van der Waals surface area contributed by atoms with Gasteiger partial charge in [0.2, 0.25) is 0 Å². The second-order valence-corrected chi connectivity index (χ2v) is 5.68. The Morgan fingerprint density at radius 3 is 2.38 bits per heavy atom. The molecule has 2 rings (SSSR count). The van der Waals surface area contributed by atoms with Gasteiger partial charge in [-0.2, -0.15) is 13.2 Å². The molecule has 0 spiro atoms. The Kier molecular flexibility index (Phi) is 6.34. The topological polar surface area (TPSA) is 55.5 Å². The molecule has 0 aliphatic carbocycles. The zero-order valence-corrected chi connectivity index (χ0v) is 13.4. The van der Waals surface area contributed by atoms with Crippen LogP contribution in [0.1, 0.15) is 30.0 Å². The molecule has 120 valence electrons. The second kappa shape index (κ2) is 7.17. The highest BCUT2D eigenvalue weighted by molar-refractivity contribution is 9.10. The molecule has 1 aromatic carbocycles. The lowest BCUT2D eigenvalue weighted by atomic mass is 9.85. The van der Waals surface area contributed by atoms with Crippen LogP contribution in [0.15, 0.2) is 16.6 Å². The SMILES string of the molecule is Cl.N[C@H](c1c(C(F)(F)F)ccc(Br)c1O)C1CCOCC1. The van der Waals surface area contributed by atoms with Gasteiger partial charge >= 0.3 is 6.18 Å². The van der Waals surface area contributed by atoms with E-state index in [4.69, 9.17) is 10.5 Å². The van der Waals surface area contributed by atoms with Gasteiger partial charge in [0.15, 0.2) is 0 Å². The van der Waals surface area contributed by atoms with Crippen molar-refractivity contribution in [3.63, 3.8) is 0 Å². The Hall–Kier alpha value is -0.500. The molecular formula is C13H16BrClF3NO2. The fraction of sp³-hybridized carbons (Fsp3) is 0.538. The summed E-state index contributed by atoms with van der Waals surface area (Å²) in [4.78, 5) is 0. The monoisotopic (exact) mass is 389 g/mol. The number of nitrogens with two attached hydrogens (primary N) is 1. The van der Waals surface area contributed by atoms with Crippen molar-refractivity contribution in [1.82, 2.24) is 0 Å². The smallest absolute Gasteiger partial charge is 0.416 e. The van der Waals surface area contributed by atoms with Crippen LogP contribution in [-0.2, 0) is 10.9 Å². The van der Waals surface area contributed by atoms with E-state index >= 15 is 0 Å². The van der Waals surface area contributed by atoms with E-state index in [0.29, 0.717) is 26.1 Å². The summed E-state index contributed by atoms with van der Waals surface area (Å²) in [6.45, 7) is 0.961. The van der Waals surface area contributed by atoms with Crippen LogP contribution in [-0.4, -0.2) is 18.3 Å². The van der Waals surface area contributed by atoms with Crippen LogP contribution in [0.3, 0.4) is 0 Å². The normalized spacial score (nSPS) is 18.1. The summed E-state index contributed by atoms with van der Waals surface area (Å²) in [7, 11) is 0. The maximum absolute atomic E-state index is 13.1. The maximum atomic E-state index is 13.1. The fourth-order valence-electron chi connectivity index (χ4n) is 2.48. The number of rotatable bonds is 2. The molecular weight excluding hydrogens is 374 g/mol. The number of benzene rings is 1. The molecule has 1 aliphatic rings. The zero-order valence-electron chi connectivity index (χ0n) is 11.0. The van der Waals surface area contributed by atoms with Gasteiger partial charge in [0.1, 0.15) is 5.75 Å². The highest BCUT2D eigenvalue weighted by Crippen LogP contribution is 2.44. The van der Waals surface area contributed by atoms with Gasteiger partial charge in [0.05, 0.1) is 10.0 Å². The lowest BCUT2D eigenvalue weighted by Crippen LogP contribution is -2.29. The number of hydrogen-bond acceptors (Lipinski definition) is 3. The number of hydrogen-bond donors (Lipinski definition) is 2. The third-order valence-corrected chi connectivity index (χ3v) is 4.22. The van der Waals surface area contributed by atoms with E-state index in [1.165, 1.54) is 6.07 Å². The van der Waals surface area contributed by atoms with Crippen LogP contribution < -0.4 is 5.73 Å². The van der Waals surface area contributed by atoms with Crippen molar-refractivity contribution in [2.45, 2.75) is 25.1 Å². The Morgan fingerprint density at radius 1 is 1.29 bits per heavy atom. The highest BCUT2D eigenvalue weighted by Gasteiger charge is 2.38. The minimum atomic E-state index is -4.55. The van der Waals surface area contributed by atoms with E-state index in [1.54, 1.807) is 0 Å². The van der Waals surface area contributed by atoms with Crippen LogP contribution in [0.5, 0.6) is 5.75 Å². The van der Waals surface area contributed by atoms with E-state index < -0.39 is 23.5 Å². The first-order valence-electron chi connectivity index (χ1n) is 6.24. The number of phenols is 1. The molecule has 1 saturated heterocycles. The Labute approximate surface area is 135 Å². The molecule has 0 unspecified atom stereocenters. The standard InChI is InChI=1S/C13H15BrF3NO2.ClH/c14-9-2-1-8(13(15,16)17)10(12(9)19)11(18)7-3-5-20-6-4-7;/h1-2,7,11,19H,3-6,18H2;1H/t11-;/m0./s1. The largest absolute Gasteiger partial charge is 0.506 e. The van der Waals surface area contributed by atoms with Crippen molar-refractivity contribution in [2.75, 3.05) is 13.2 Å². The molecule has 21 heavy (non-hydrogen) atoms. The number of alkyl halides is 3. The van der Waals surface area contributed by atoms with Crippen molar-refractivity contribution < 1.29 is 23.0 Å². The second-order valence-electron chi connectivity index (χ2n) is 4.83. The summed E-state index contributed by atoms with van der Waals surface area (Å²) in [6, 6.07) is 1.25. The molecule has 0 bridgehead atoms. The van der Waals surface area contributed by atoms with Gasteiger partial charge in [-0.3, -0.25) is 0 Å². The van der Waals surface area contributed by atoms with E-state index in [1.807, 2.05) is 0 Å². The van der Waals surface area contributed by atoms with Crippen LogP contribution in [0.2, 0.25) is 0 Å². The summed E-state index contributed by atoms with van der Waals surface area (Å²) >= 11 is 3.04. The first kappa shape index (κ1) is 18.5. The molecule has 3 nitrogen and oxygen atoms in total. The van der Waals surface area contributed by atoms with Crippen LogP contribution in [0.4, 0.5) is 13.2 Å². The molecule has 8 heteroatoms. The lowest BCUT2D eigenvalue weighted by molar-refractivity contribution is -0.138. The van der Waals surface area contributed by atoms with Crippen molar-refractivity contribution in [1.29, 1.82) is 0 Å². The van der Waals surface area contributed by atoms with Gasteiger partial charge in [-0.15, -0.1) is 12.4 Å². The quantitative estimate of drug-likeness (QED) is 0.802. The molecule has 1 aliphatic heterocycles. The minimum Gasteiger partial charge on any atom is -0.506 e. The minimum absolute atomic E-state index is 0. The predicted molar refractivity (Wildman–Crippen MR) is 78.5 cm³/mol. The van der Waals surface area contributed by atoms with Crippen molar-refractivity contribution >= 4 is 28.3 Å². The first-order valence-corrected chi connectivity index (χ1v) is 7.03. The number of phenolic OH excluding ortho intramolecular Hbond substituents is 1. The average Bonchev–Trinajstić information content (AvgIpc) is 2.40. The van der Waals surface area contributed by atoms with Gasteiger partial charge < -0.3 is 15.6 Å². The van der Waals surface area contributed by atoms with Gasteiger partial charge in [-0.25, -0.2) is 0 Å². The lowest BCUT2D eigenvalue weighted by Gasteiger charge is -2.30. The van der Waals surface area contributed by atoms with Gasteiger partial charge in [-0.1, -0.05) is 0 Å². The molecule has 0 amide bonds. The highest BCUT2D eigenvalue weighted by atomic mass is 79.9. The molecule has 1 aromatic rings. The molecule has 0 aromatic heterocycles. The molecule has 0 saturated carbocycles. The van der Waals surface area contributed by atoms with Crippen LogP contribution in [0.25, 0.3) is 0 Å². The fourth-order valence-corrected chi connectivity index (χ4v) is 2.82. The van der Waals surface area contributed by atoms with Gasteiger partial charge in [-0.05, 0) is 46.8 Å². The molecule has 1 fully saturated rings. The summed E-state index contributed by atoms with van der Waals surface area (Å²) in [5.41, 5.74) is 4.89. The van der Waals surface area contributed by atoms with Crippen molar-refractivity contribution in [3.8, 4) is 5.75 Å². The van der Waals surface area contributed by atoms with Crippen LogP contribution >= 0.6 is 28.3 Å². The van der Waals surface area contributed by atoms with E-state index in [0.717, 1.165) is 6.07 Å².